The molecule has 1 aromatic rings. The lowest BCUT2D eigenvalue weighted by Crippen LogP contribution is -1.98. The van der Waals surface area contributed by atoms with E-state index in [4.69, 9.17) is 0 Å². The summed E-state index contributed by atoms with van der Waals surface area (Å²) in [5.74, 6) is -2.97. The van der Waals surface area contributed by atoms with Crippen LogP contribution in [0.4, 0.5) is 23.2 Å². The number of hydrogen-bond acceptors (Lipinski definition) is 2. The predicted octanol–water partition coefficient (Wildman–Crippen LogP) is 2.81. The standard InChI is InChI=1S/C7H3F4NO2/c8-4-2-5(9)6(12(13)14)1-3(4)7(10)11/h1-2,7H. The molecule has 14 heavy (non-hydrogen) atoms. The molecule has 0 N–H and O–H groups in total. The average Bonchev–Trinajstić information content (AvgIpc) is 2.02. The molecule has 0 bridgehead atoms. The first-order chi connectivity index (χ1) is 6.43. The molecule has 1 aromatic carbocycles. The van der Waals surface area contributed by atoms with Crippen LogP contribution in [-0.4, -0.2) is 4.92 Å². The second kappa shape index (κ2) is 3.60. The maximum atomic E-state index is 12.6. The third kappa shape index (κ3) is 1.81. The van der Waals surface area contributed by atoms with Crippen LogP contribution in [0.3, 0.4) is 0 Å². The van der Waals surface area contributed by atoms with Crippen molar-refractivity contribution in [3.63, 3.8) is 0 Å². The van der Waals surface area contributed by atoms with Gasteiger partial charge in [0.2, 0.25) is 5.82 Å². The van der Waals surface area contributed by atoms with Crippen molar-refractivity contribution < 1.29 is 22.5 Å². The normalized spacial score (nSPS) is 10.6. The Bertz CT molecular complexity index is 380. The highest BCUT2D eigenvalue weighted by atomic mass is 19.3. The molecule has 0 fully saturated rings. The van der Waals surface area contributed by atoms with E-state index < -0.39 is 34.2 Å². The number of nitrogens with zero attached hydrogens (tertiary/aromatic N) is 1. The molecular weight excluding hydrogens is 206 g/mol. The van der Waals surface area contributed by atoms with Crippen molar-refractivity contribution in [1.29, 1.82) is 0 Å². The largest absolute Gasteiger partial charge is 0.305 e. The summed E-state index contributed by atoms with van der Waals surface area (Å²) in [6.45, 7) is 0. The molecule has 0 saturated heterocycles. The summed E-state index contributed by atoms with van der Waals surface area (Å²) < 4.78 is 49.3. The van der Waals surface area contributed by atoms with Gasteiger partial charge in [0.25, 0.3) is 6.43 Å². The lowest BCUT2D eigenvalue weighted by atomic mass is 10.2. The van der Waals surface area contributed by atoms with Crippen LogP contribution < -0.4 is 0 Å². The minimum absolute atomic E-state index is 0.0691. The fraction of sp³-hybridized carbons (Fsp3) is 0.143. The van der Waals surface area contributed by atoms with E-state index in [2.05, 4.69) is 0 Å². The number of benzene rings is 1. The zero-order valence-electron chi connectivity index (χ0n) is 6.51. The third-order valence-electron chi connectivity index (χ3n) is 1.50. The fourth-order valence-corrected chi connectivity index (χ4v) is 0.861. The van der Waals surface area contributed by atoms with Gasteiger partial charge in [0, 0.05) is 12.1 Å². The van der Waals surface area contributed by atoms with Gasteiger partial charge in [-0.15, -0.1) is 0 Å². The molecule has 0 aliphatic carbocycles. The molecule has 0 heterocycles. The fourth-order valence-electron chi connectivity index (χ4n) is 0.861. The highest BCUT2D eigenvalue weighted by Crippen LogP contribution is 2.28. The molecule has 0 saturated carbocycles. The number of alkyl halides is 2. The number of nitro groups is 1. The smallest absolute Gasteiger partial charge is 0.258 e. The molecule has 0 aromatic heterocycles. The summed E-state index contributed by atoms with van der Waals surface area (Å²) >= 11 is 0. The topological polar surface area (TPSA) is 43.1 Å². The molecular formula is C7H3F4NO2. The van der Waals surface area contributed by atoms with Crippen LogP contribution in [0, 0.1) is 21.7 Å². The minimum Gasteiger partial charge on any atom is -0.258 e. The second-order valence-corrected chi connectivity index (χ2v) is 2.38. The van der Waals surface area contributed by atoms with E-state index in [1.807, 2.05) is 0 Å². The van der Waals surface area contributed by atoms with E-state index in [1.165, 1.54) is 0 Å². The Hall–Kier alpha value is -1.66. The summed E-state index contributed by atoms with van der Waals surface area (Å²) in [5, 5.41) is 10.1. The Morgan fingerprint density at radius 1 is 1.21 bits per heavy atom. The number of nitro benzene ring substituents is 1. The van der Waals surface area contributed by atoms with Crippen LogP contribution >= 0.6 is 0 Å². The van der Waals surface area contributed by atoms with E-state index in [1.54, 1.807) is 0 Å². The zero-order valence-corrected chi connectivity index (χ0v) is 6.51. The molecule has 0 unspecified atom stereocenters. The van der Waals surface area contributed by atoms with Crippen molar-refractivity contribution in [1.82, 2.24) is 0 Å². The van der Waals surface area contributed by atoms with Gasteiger partial charge in [-0.2, -0.15) is 4.39 Å². The summed E-state index contributed by atoms with van der Waals surface area (Å²) in [5.41, 5.74) is -2.35. The second-order valence-electron chi connectivity index (χ2n) is 2.38. The van der Waals surface area contributed by atoms with E-state index in [0.29, 0.717) is 0 Å². The molecule has 0 aliphatic heterocycles. The summed E-state index contributed by atoms with van der Waals surface area (Å²) in [6.07, 6.45) is -3.21. The molecule has 76 valence electrons. The average molecular weight is 209 g/mol. The summed E-state index contributed by atoms with van der Waals surface area (Å²) in [6, 6.07) is 0.259. The number of halogens is 4. The van der Waals surface area contributed by atoms with Crippen LogP contribution in [0.1, 0.15) is 12.0 Å². The van der Waals surface area contributed by atoms with Gasteiger partial charge in [-0.05, 0) is 0 Å². The summed E-state index contributed by atoms with van der Waals surface area (Å²) in [4.78, 5) is 8.91. The van der Waals surface area contributed by atoms with Gasteiger partial charge in [-0.3, -0.25) is 10.1 Å². The highest BCUT2D eigenvalue weighted by molar-refractivity contribution is 5.37. The van der Waals surface area contributed by atoms with Crippen molar-refractivity contribution in [3.05, 3.63) is 39.4 Å². The molecule has 0 aliphatic rings. The number of hydrogen-bond donors (Lipinski definition) is 0. The van der Waals surface area contributed by atoms with Gasteiger partial charge in [0.05, 0.1) is 10.5 Å². The third-order valence-corrected chi connectivity index (χ3v) is 1.50. The van der Waals surface area contributed by atoms with Crippen LogP contribution in [0.15, 0.2) is 12.1 Å². The van der Waals surface area contributed by atoms with Gasteiger partial charge in [-0.1, -0.05) is 0 Å². The lowest BCUT2D eigenvalue weighted by Gasteiger charge is -2.01. The van der Waals surface area contributed by atoms with E-state index in [0.717, 1.165) is 0 Å². The Balaban J connectivity index is 3.34. The van der Waals surface area contributed by atoms with E-state index >= 15 is 0 Å². The Labute approximate surface area is 75.1 Å². The van der Waals surface area contributed by atoms with Crippen molar-refractivity contribution in [2.24, 2.45) is 0 Å². The first kappa shape index (κ1) is 10.4. The van der Waals surface area contributed by atoms with Gasteiger partial charge in [0.15, 0.2) is 0 Å². The van der Waals surface area contributed by atoms with Crippen LogP contribution in [0.25, 0.3) is 0 Å². The van der Waals surface area contributed by atoms with Crippen molar-refractivity contribution in [2.75, 3.05) is 0 Å². The maximum absolute atomic E-state index is 12.6. The monoisotopic (exact) mass is 209 g/mol. The Morgan fingerprint density at radius 2 is 1.79 bits per heavy atom. The van der Waals surface area contributed by atoms with Gasteiger partial charge in [-0.25, -0.2) is 13.2 Å². The first-order valence-corrected chi connectivity index (χ1v) is 3.35. The molecule has 0 radical (unpaired) electrons. The van der Waals surface area contributed by atoms with Crippen LogP contribution in [0.2, 0.25) is 0 Å². The predicted molar refractivity (Wildman–Crippen MR) is 38.0 cm³/mol. The molecule has 7 heteroatoms. The van der Waals surface area contributed by atoms with E-state index in [9.17, 15) is 27.7 Å². The van der Waals surface area contributed by atoms with Gasteiger partial charge in [0.1, 0.15) is 5.82 Å². The van der Waals surface area contributed by atoms with Crippen molar-refractivity contribution in [2.45, 2.75) is 6.43 Å². The zero-order chi connectivity index (χ0) is 10.9. The summed E-state index contributed by atoms with van der Waals surface area (Å²) in [7, 11) is 0. The van der Waals surface area contributed by atoms with Crippen molar-refractivity contribution in [3.8, 4) is 0 Å². The van der Waals surface area contributed by atoms with Crippen LogP contribution in [0.5, 0.6) is 0 Å². The molecule has 0 spiro atoms. The maximum Gasteiger partial charge on any atom is 0.305 e. The van der Waals surface area contributed by atoms with Gasteiger partial charge >= 0.3 is 5.69 Å². The number of rotatable bonds is 2. The van der Waals surface area contributed by atoms with Gasteiger partial charge < -0.3 is 0 Å². The Kier molecular flexibility index (Phi) is 2.68. The van der Waals surface area contributed by atoms with Crippen LogP contribution in [-0.2, 0) is 0 Å². The lowest BCUT2D eigenvalue weighted by molar-refractivity contribution is -0.387. The molecule has 3 nitrogen and oxygen atoms in total. The van der Waals surface area contributed by atoms with E-state index in [-0.39, 0.29) is 12.1 Å². The van der Waals surface area contributed by atoms with Crippen molar-refractivity contribution >= 4 is 5.69 Å². The SMILES string of the molecule is O=[N+]([O-])c1cc(C(F)F)c(F)cc1F. The molecule has 1 rings (SSSR count). The first-order valence-electron chi connectivity index (χ1n) is 3.35. The molecule has 0 amide bonds. The highest BCUT2D eigenvalue weighted by Gasteiger charge is 2.22. The minimum atomic E-state index is -3.21. The Morgan fingerprint density at radius 3 is 2.21 bits per heavy atom. The molecule has 0 atom stereocenters. The quantitative estimate of drug-likeness (QED) is 0.427.